The Bertz CT molecular complexity index is 3030. The van der Waals surface area contributed by atoms with Crippen LogP contribution in [0.4, 0.5) is 26.3 Å². The summed E-state index contributed by atoms with van der Waals surface area (Å²) in [5.41, 5.74) is 2.52. The van der Waals surface area contributed by atoms with E-state index in [1.54, 1.807) is 65.2 Å². The standard InChI is InChI=1S/C52H31F6N5/c53-51(54,55)36-25-26-39-38-23-13-14-24-46(38)63(47(39)29-36)48-40(45-31-44(34-19-9-3-10-20-34)59-49(62-45)35-21-11-4-12-22-35)27-37(52(56,57)58)28-41(48)50-60-42(32-15-5-1-6-16-32)30-43(61-50)33-17-7-2-8-18-33/h1-31H. The molecule has 11 heteroatoms. The van der Waals surface area contributed by atoms with Crippen LogP contribution in [0.25, 0.3) is 95.3 Å². The zero-order valence-corrected chi connectivity index (χ0v) is 32.9. The summed E-state index contributed by atoms with van der Waals surface area (Å²) in [6.07, 6.45) is -9.63. The summed E-state index contributed by atoms with van der Waals surface area (Å²) >= 11 is 0. The average Bonchev–Trinajstić information content (AvgIpc) is 3.65. The van der Waals surface area contributed by atoms with E-state index in [2.05, 4.69) is 0 Å². The first-order chi connectivity index (χ1) is 30.5. The van der Waals surface area contributed by atoms with Gasteiger partial charge in [-0.1, -0.05) is 146 Å². The van der Waals surface area contributed by atoms with Crippen LogP contribution in [0, 0.1) is 0 Å². The van der Waals surface area contributed by atoms with Gasteiger partial charge in [0.05, 0.1) is 50.6 Å². The maximum Gasteiger partial charge on any atom is 0.416 e. The van der Waals surface area contributed by atoms with Gasteiger partial charge in [-0.05, 0) is 42.5 Å². The minimum Gasteiger partial charge on any atom is -0.308 e. The Morgan fingerprint density at radius 3 is 1.30 bits per heavy atom. The van der Waals surface area contributed by atoms with Crippen molar-refractivity contribution in [2.75, 3.05) is 0 Å². The van der Waals surface area contributed by atoms with E-state index in [0.29, 0.717) is 55.6 Å². The number of halogens is 6. The lowest BCUT2D eigenvalue weighted by molar-refractivity contribution is -0.138. The van der Waals surface area contributed by atoms with Gasteiger partial charge in [0.1, 0.15) is 0 Å². The van der Waals surface area contributed by atoms with Crippen molar-refractivity contribution in [3.8, 4) is 73.5 Å². The smallest absolute Gasteiger partial charge is 0.308 e. The van der Waals surface area contributed by atoms with Crippen molar-refractivity contribution in [1.82, 2.24) is 24.5 Å². The molecule has 0 saturated heterocycles. The number of benzene rings is 7. The minimum atomic E-state index is -4.90. The molecule has 63 heavy (non-hydrogen) atoms. The van der Waals surface area contributed by atoms with E-state index < -0.39 is 23.5 Å². The SMILES string of the molecule is FC(F)(F)c1cc(-c2cc(-c3ccccc3)nc(-c3ccccc3)n2)c(-n2c3ccccc3c3ccc(C(F)(F)F)cc32)c(-c2nc(-c3ccccc3)cc(-c3ccccc3)n2)c1. The normalized spacial score (nSPS) is 12.0. The average molecular weight is 840 g/mol. The van der Waals surface area contributed by atoms with Crippen LogP contribution in [-0.4, -0.2) is 24.5 Å². The molecular formula is C52H31F6N5. The van der Waals surface area contributed by atoms with Crippen molar-refractivity contribution in [2.45, 2.75) is 12.4 Å². The maximum atomic E-state index is 15.5. The number of aromatic nitrogens is 5. The molecule has 0 unspecified atom stereocenters. The summed E-state index contributed by atoms with van der Waals surface area (Å²) in [5.74, 6) is 0.142. The van der Waals surface area contributed by atoms with Crippen LogP contribution in [0.3, 0.4) is 0 Å². The Hall–Kier alpha value is -7.92. The fourth-order valence-electron chi connectivity index (χ4n) is 7.93. The van der Waals surface area contributed by atoms with Crippen LogP contribution < -0.4 is 0 Å². The van der Waals surface area contributed by atoms with Crippen LogP contribution in [0.2, 0.25) is 0 Å². The van der Waals surface area contributed by atoms with Crippen LogP contribution in [0.1, 0.15) is 11.1 Å². The van der Waals surface area contributed by atoms with E-state index in [4.69, 9.17) is 19.9 Å². The van der Waals surface area contributed by atoms with Crippen LogP contribution in [0.15, 0.2) is 188 Å². The number of fused-ring (bicyclic) bond motifs is 3. The van der Waals surface area contributed by atoms with Gasteiger partial charge >= 0.3 is 12.4 Å². The highest BCUT2D eigenvalue weighted by molar-refractivity contribution is 6.10. The molecule has 0 aliphatic carbocycles. The van der Waals surface area contributed by atoms with Crippen molar-refractivity contribution in [2.24, 2.45) is 0 Å². The van der Waals surface area contributed by atoms with E-state index in [0.717, 1.165) is 24.3 Å². The number of hydrogen-bond donors (Lipinski definition) is 0. The molecule has 10 aromatic rings. The Balaban J connectivity index is 1.40. The molecule has 0 saturated carbocycles. The lowest BCUT2D eigenvalue weighted by Gasteiger charge is -2.22. The van der Waals surface area contributed by atoms with Crippen molar-refractivity contribution in [3.05, 3.63) is 199 Å². The predicted molar refractivity (Wildman–Crippen MR) is 235 cm³/mol. The molecule has 306 valence electrons. The molecule has 0 amide bonds. The fraction of sp³-hybridized carbons (Fsp3) is 0.0385. The molecule has 0 atom stereocenters. The van der Waals surface area contributed by atoms with Gasteiger partial charge in [0.15, 0.2) is 11.6 Å². The fourth-order valence-corrected chi connectivity index (χ4v) is 7.93. The Kier molecular flexibility index (Phi) is 9.67. The first kappa shape index (κ1) is 39.2. The molecule has 0 N–H and O–H groups in total. The number of alkyl halides is 6. The molecule has 3 heterocycles. The molecule has 0 radical (unpaired) electrons. The third-order valence-corrected chi connectivity index (χ3v) is 10.9. The summed E-state index contributed by atoms with van der Waals surface area (Å²) in [6, 6.07) is 52.3. The van der Waals surface area contributed by atoms with Gasteiger partial charge in [0, 0.05) is 44.2 Å². The van der Waals surface area contributed by atoms with Gasteiger partial charge in [-0.25, -0.2) is 19.9 Å². The Morgan fingerprint density at radius 1 is 0.333 bits per heavy atom. The lowest BCUT2D eigenvalue weighted by atomic mass is 9.96. The highest BCUT2D eigenvalue weighted by Gasteiger charge is 2.36. The van der Waals surface area contributed by atoms with Crippen molar-refractivity contribution in [3.63, 3.8) is 0 Å². The van der Waals surface area contributed by atoms with Gasteiger partial charge in [0.2, 0.25) is 0 Å². The van der Waals surface area contributed by atoms with Gasteiger partial charge in [0.25, 0.3) is 0 Å². The topological polar surface area (TPSA) is 56.5 Å². The number of para-hydroxylation sites is 1. The third kappa shape index (κ3) is 7.48. The predicted octanol–water partition coefficient (Wildman–Crippen LogP) is 14.4. The van der Waals surface area contributed by atoms with Gasteiger partial charge in [-0.15, -0.1) is 0 Å². The van der Waals surface area contributed by atoms with Crippen molar-refractivity contribution in [1.29, 1.82) is 0 Å². The summed E-state index contributed by atoms with van der Waals surface area (Å²) in [6.45, 7) is 0. The summed E-state index contributed by atoms with van der Waals surface area (Å²) < 4.78 is 92.0. The second-order valence-corrected chi connectivity index (χ2v) is 14.9. The zero-order valence-electron chi connectivity index (χ0n) is 32.9. The van der Waals surface area contributed by atoms with Crippen LogP contribution in [0.5, 0.6) is 0 Å². The Labute approximate surface area is 356 Å². The molecule has 5 nitrogen and oxygen atoms in total. The number of nitrogens with zero attached hydrogens (tertiary/aromatic N) is 5. The Morgan fingerprint density at radius 2 is 0.762 bits per heavy atom. The first-order valence-electron chi connectivity index (χ1n) is 19.9. The maximum absolute atomic E-state index is 15.5. The zero-order chi connectivity index (χ0) is 43.3. The molecule has 3 aromatic heterocycles. The molecule has 10 rings (SSSR count). The molecule has 7 aromatic carbocycles. The van der Waals surface area contributed by atoms with E-state index in [-0.39, 0.29) is 39.7 Å². The van der Waals surface area contributed by atoms with Gasteiger partial charge in [-0.2, -0.15) is 26.3 Å². The minimum absolute atomic E-state index is 0.0355. The quantitative estimate of drug-likeness (QED) is 0.150. The summed E-state index contributed by atoms with van der Waals surface area (Å²) in [7, 11) is 0. The molecule has 0 aliphatic rings. The highest BCUT2D eigenvalue weighted by atomic mass is 19.4. The lowest BCUT2D eigenvalue weighted by Crippen LogP contribution is -2.11. The highest BCUT2D eigenvalue weighted by Crippen LogP contribution is 2.46. The molecule has 0 bridgehead atoms. The summed E-state index contributed by atoms with van der Waals surface area (Å²) in [5, 5.41) is 1.04. The molecule has 0 spiro atoms. The monoisotopic (exact) mass is 839 g/mol. The van der Waals surface area contributed by atoms with Gasteiger partial charge < -0.3 is 4.57 Å². The largest absolute Gasteiger partial charge is 0.416 e. The molecule has 0 aliphatic heterocycles. The van der Waals surface area contributed by atoms with Crippen LogP contribution in [-0.2, 0) is 12.4 Å². The second kappa shape index (κ2) is 15.5. The van der Waals surface area contributed by atoms with Crippen molar-refractivity contribution < 1.29 is 26.3 Å². The van der Waals surface area contributed by atoms with E-state index in [1.165, 1.54) is 6.07 Å². The third-order valence-electron chi connectivity index (χ3n) is 10.9. The first-order valence-corrected chi connectivity index (χ1v) is 19.9. The second-order valence-electron chi connectivity index (χ2n) is 14.9. The number of hydrogen-bond acceptors (Lipinski definition) is 4. The molecular weight excluding hydrogens is 809 g/mol. The summed E-state index contributed by atoms with van der Waals surface area (Å²) in [4.78, 5) is 19.8. The van der Waals surface area contributed by atoms with Crippen LogP contribution >= 0.6 is 0 Å². The number of rotatable bonds is 7. The van der Waals surface area contributed by atoms with E-state index in [1.807, 2.05) is 97.1 Å². The molecule has 0 fully saturated rings. The van der Waals surface area contributed by atoms with Crippen molar-refractivity contribution >= 4 is 21.8 Å². The van der Waals surface area contributed by atoms with Gasteiger partial charge in [-0.3, -0.25) is 0 Å². The van der Waals surface area contributed by atoms with E-state index >= 15 is 13.2 Å². The van der Waals surface area contributed by atoms with E-state index in [9.17, 15) is 13.2 Å².